The van der Waals surface area contributed by atoms with Gasteiger partial charge >= 0.3 is 6.03 Å². The number of imide groups is 1. The maximum Gasteiger partial charge on any atom is 0.325 e. The summed E-state index contributed by atoms with van der Waals surface area (Å²) in [6, 6.07) is 13.1. The number of urea groups is 1. The lowest BCUT2D eigenvalue weighted by Crippen LogP contribution is -2.41. The molecule has 0 aliphatic carbocycles. The number of hydrogen-bond donors (Lipinski definition) is 2. The second kappa shape index (κ2) is 7.75. The molecule has 5 rings (SSSR count). The number of nitrogens with one attached hydrogen (secondary N) is 2. The molecular formula is C22H17ClN6O4. The van der Waals surface area contributed by atoms with Crippen molar-refractivity contribution >= 4 is 46.1 Å². The van der Waals surface area contributed by atoms with Crippen molar-refractivity contribution < 1.29 is 18.8 Å². The van der Waals surface area contributed by atoms with Crippen LogP contribution in [0.25, 0.3) is 16.7 Å². The van der Waals surface area contributed by atoms with Gasteiger partial charge in [0, 0.05) is 10.4 Å². The minimum Gasteiger partial charge on any atom is -0.458 e. The number of nitrogens with zero attached hydrogens (tertiary/aromatic N) is 4. The normalized spacial score (nSPS) is 18.1. The summed E-state index contributed by atoms with van der Waals surface area (Å²) in [5.41, 5.74) is 0.0337. The Morgan fingerprint density at radius 3 is 2.79 bits per heavy atom. The van der Waals surface area contributed by atoms with Crippen LogP contribution in [-0.2, 0) is 15.1 Å². The Morgan fingerprint density at radius 2 is 2.03 bits per heavy atom. The largest absolute Gasteiger partial charge is 0.458 e. The Bertz CT molecular complexity index is 1370. The molecule has 11 heteroatoms. The highest BCUT2D eigenvalue weighted by Crippen LogP contribution is 2.33. The van der Waals surface area contributed by atoms with Gasteiger partial charge in [-0.1, -0.05) is 29.8 Å². The van der Waals surface area contributed by atoms with Gasteiger partial charge < -0.3 is 15.1 Å². The van der Waals surface area contributed by atoms with E-state index in [1.165, 1.54) is 17.3 Å². The Hall–Kier alpha value is -4.18. The lowest BCUT2D eigenvalue weighted by Gasteiger charge is -2.19. The lowest BCUT2D eigenvalue weighted by atomic mass is 9.99. The van der Waals surface area contributed by atoms with Crippen LogP contribution in [0.15, 0.2) is 65.6 Å². The summed E-state index contributed by atoms with van der Waals surface area (Å²) < 4.78 is 7.26. The van der Waals surface area contributed by atoms with Gasteiger partial charge in [-0.05, 0) is 37.3 Å². The van der Waals surface area contributed by atoms with Crippen molar-refractivity contribution in [2.24, 2.45) is 0 Å². The minimum atomic E-state index is -1.43. The predicted octanol–water partition coefficient (Wildman–Crippen LogP) is 3.07. The molecule has 1 saturated heterocycles. The van der Waals surface area contributed by atoms with Crippen molar-refractivity contribution in [1.29, 1.82) is 0 Å². The molecule has 2 aromatic carbocycles. The predicted molar refractivity (Wildman–Crippen MR) is 119 cm³/mol. The Labute approximate surface area is 192 Å². The van der Waals surface area contributed by atoms with Crippen molar-refractivity contribution in [3.05, 3.63) is 72.0 Å². The van der Waals surface area contributed by atoms with Crippen LogP contribution in [0.2, 0.25) is 5.02 Å². The number of furan rings is 1. The lowest BCUT2D eigenvalue weighted by molar-refractivity contribution is -0.134. The molecule has 166 valence electrons. The van der Waals surface area contributed by atoms with Crippen LogP contribution >= 0.6 is 11.6 Å². The standard InChI is InChI=1S/C22H17ClN6O4/c1-22(18-8-13-4-2-3-5-17(13)33-18)20(31)28(21(32)27-22)10-19(30)26-15-9-14(23)6-7-16(15)29-12-24-11-25-29/h2-9,11-12H,10H2,1H3,(H,26,30)(H,27,32)/t22-/m0/s1. The summed E-state index contributed by atoms with van der Waals surface area (Å²) in [7, 11) is 0. The molecule has 1 fully saturated rings. The molecule has 10 nitrogen and oxygen atoms in total. The van der Waals surface area contributed by atoms with Gasteiger partial charge in [0.05, 0.1) is 11.4 Å². The molecule has 0 saturated carbocycles. The van der Waals surface area contributed by atoms with Gasteiger partial charge in [-0.25, -0.2) is 14.5 Å². The van der Waals surface area contributed by atoms with E-state index in [0.717, 1.165) is 10.3 Å². The molecule has 2 N–H and O–H groups in total. The third-order valence-corrected chi connectivity index (χ3v) is 5.63. The molecule has 1 aliphatic heterocycles. The number of halogens is 1. The maximum absolute atomic E-state index is 13.2. The number of carbonyl (C=O) groups excluding carboxylic acids is 3. The first-order valence-corrected chi connectivity index (χ1v) is 10.3. The molecule has 1 atom stereocenters. The smallest absolute Gasteiger partial charge is 0.325 e. The summed E-state index contributed by atoms with van der Waals surface area (Å²) in [6.07, 6.45) is 2.82. The minimum absolute atomic E-state index is 0.285. The molecular weight excluding hydrogens is 448 g/mol. The summed E-state index contributed by atoms with van der Waals surface area (Å²) in [5, 5.41) is 10.6. The molecule has 4 aromatic rings. The van der Waals surface area contributed by atoms with Crippen molar-refractivity contribution in [1.82, 2.24) is 25.0 Å². The second-order valence-electron chi connectivity index (χ2n) is 7.64. The number of hydrogen-bond acceptors (Lipinski definition) is 6. The van der Waals surface area contributed by atoms with E-state index in [9.17, 15) is 14.4 Å². The van der Waals surface area contributed by atoms with Crippen molar-refractivity contribution in [2.45, 2.75) is 12.5 Å². The van der Waals surface area contributed by atoms with Crippen LogP contribution in [0.4, 0.5) is 10.5 Å². The van der Waals surface area contributed by atoms with Crippen LogP contribution in [0.3, 0.4) is 0 Å². The summed E-state index contributed by atoms with van der Waals surface area (Å²) in [5.74, 6) is -0.895. The molecule has 1 aliphatic rings. The highest BCUT2D eigenvalue weighted by molar-refractivity contribution is 6.31. The average Bonchev–Trinajstić information content (AvgIpc) is 3.50. The first-order chi connectivity index (χ1) is 15.8. The maximum atomic E-state index is 13.2. The van der Waals surface area contributed by atoms with Crippen LogP contribution < -0.4 is 10.6 Å². The SMILES string of the molecule is C[C@@]1(c2cc3ccccc3o2)NC(=O)N(CC(=O)Nc2cc(Cl)ccc2-n2cncn2)C1=O. The summed E-state index contributed by atoms with van der Waals surface area (Å²) >= 11 is 6.08. The topological polar surface area (TPSA) is 122 Å². The zero-order valence-electron chi connectivity index (χ0n) is 17.3. The van der Waals surface area contributed by atoms with Crippen LogP contribution in [0.1, 0.15) is 12.7 Å². The van der Waals surface area contributed by atoms with Gasteiger partial charge in [0.1, 0.15) is 30.5 Å². The fraction of sp³-hybridized carbons (Fsp3) is 0.136. The zero-order valence-corrected chi connectivity index (χ0v) is 18.0. The summed E-state index contributed by atoms with van der Waals surface area (Å²) in [4.78, 5) is 43.3. The van der Waals surface area contributed by atoms with E-state index < -0.39 is 29.9 Å². The quantitative estimate of drug-likeness (QED) is 0.438. The number of benzene rings is 2. The molecule has 0 spiro atoms. The fourth-order valence-electron chi connectivity index (χ4n) is 3.71. The average molecular weight is 465 g/mol. The fourth-order valence-corrected chi connectivity index (χ4v) is 3.88. The van der Waals surface area contributed by atoms with E-state index in [0.29, 0.717) is 22.0 Å². The number of para-hydroxylation sites is 1. The van der Waals surface area contributed by atoms with Crippen LogP contribution in [-0.4, -0.2) is 44.1 Å². The van der Waals surface area contributed by atoms with Gasteiger partial charge in [0.2, 0.25) is 5.91 Å². The van der Waals surface area contributed by atoms with Crippen molar-refractivity contribution in [3.8, 4) is 5.69 Å². The van der Waals surface area contributed by atoms with Crippen molar-refractivity contribution in [3.63, 3.8) is 0 Å². The number of amides is 4. The van der Waals surface area contributed by atoms with E-state index in [1.54, 1.807) is 37.3 Å². The van der Waals surface area contributed by atoms with E-state index in [2.05, 4.69) is 20.7 Å². The number of fused-ring (bicyclic) bond motifs is 1. The molecule has 0 unspecified atom stereocenters. The summed E-state index contributed by atoms with van der Waals surface area (Å²) in [6.45, 7) is 1.05. The van der Waals surface area contributed by atoms with Gasteiger partial charge in [0.15, 0.2) is 5.54 Å². The van der Waals surface area contributed by atoms with Gasteiger partial charge in [0.25, 0.3) is 5.91 Å². The Balaban J connectivity index is 1.37. The first kappa shape index (κ1) is 20.7. The molecule has 0 bridgehead atoms. The zero-order chi connectivity index (χ0) is 23.2. The van der Waals surface area contributed by atoms with Crippen molar-refractivity contribution in [2.75, 3.05) is 11.9 Å². The third kappa shape index (κ3) is 3.60. The number of aromatic nitrogens is 3. The number of rotatable bonds is 5. The monoisotopic (exact) mass is 464 g/mol. The van der Waals surface area contributed by atoms with Crippen LogP contribution in [0.5, 0.6) is 0 Å². The van der Waals surface area contributed by atoms with E-state index >= 15 is 0 Å². The third-order valence-electron chi connectivity index (χ3n) is 5.39. The van der Waals surface area contributed by atoms with Crippen LogP contribution in [0, 0.1) is 0 Å². The highest BCUT2D eigenvalue weighted by atomic mass is 35.5. The van der Waals surface area contributed by atoms with E-state index in [1.807, 2.05) is 18.2 Å². The second-order valence-corrected chi connectivity index (χ2v) is 8.08. The molecule has 3 heterocycles. The van der Waals surface area contributed by atoms with Gasteiger partial charge in [-0.3, -0.25) is 14.5 Å². The van der Waals surface area contributed by atoms with Gasteiger partial charge in [-0.2, -0.15) is 5.10 Å². The van der Waals surface area contributed by atoms with E-state index in [4.69, 9.17) is 16.0 Å². The molecule has 2 aromatic heterocycles. The van der Waals surface area contributed by atoms with E-state index in [-0.39, 0.29) is 5.76 Å². The Kier molecular flexibility index (Phi) is 4.86. The number of carbonyl (C=O) groups is 3. The first-order valence-electron chi connectivity index (χ1n) is 9.93. The molecule has 4 amide bonds. The highest BCUT2D eigenvalue weighted by Gasteiger charge is 2.51. The molecule has 33 heavy (non-hydrogen) atoms. The molecule has 0 radical (unpaired) electrons. The Morgan fingerprint density at radius 1 is 1.21 bits per heavy atom. The number of anilines is 1. The van der Waals surface area contributed by atoms with Gasteiger partial charge in [-0.15, -0.1) is 0 Å².